The summed E-state index contributed by atoms with van der Waals surface area (Å²) in [6.45, 7) is 9.41. The summed E-state index contributed by atoms with van der Waals surface area (Å²) in [4.78, 5) is 24.1. The third-order valence-corrected chi connectivity index (χ3v) is 6.72. The molecule has 0 aromatic heterocycles. The summed E-state index contributed by atoms with van der Waals surface area (Å²) in [5.74, 6) is -0.395. The van der Waals surface area contributed by atoms with Crippen LogP contribution in [-0.2, 0) is 4.79 Å². The maximum Gasteiger partial charge on any atom is 0.286 e. The van der Waals surface area contributed by atoms with E-state index in [9.17, 15) is 9.18 Å². The molecule has 0 spiro atoms. The summed E-state index contributed by atoms with van der Waals surface area (Å²) in [7, 11) is 0. The Balaban J connectivity index is 1.37. The summed E-state index contributed by atoms with van der Waals surface area (Å²) < 4.78 is 13.2. The van der Waals surface area contributed by atoms with Crippen molar-refractivity contribution >= 4 is 40.3 Å². The number of benzene rings is 2. The number of nitrogens with zero attached hydrogens (tertiary/aromatic N) is 4. The Hall–Kier alpha value is -2.80. The first-order valence-electron chi connectivity index (χ1n) is 10.7. The molecule has 4 rings (SSSR count). The van der Waals surface area contributed by atoms with Gasteiger partial charge in [-0.3, -0.25) is 4.79 Å². The lowest BCUT2D eigenvalue weighted by molar-refractivity contribution is -0.113. The van der Waals surface area contributed by atoms with E-state index < -0.39 is 0 Å². The minimum absolute atomic E-state index is 0.172. The van der Waals surface area contributed by atoms with E-state index in [4.69, 9.17) is 0 Å². The molecule has 0 aliphatic carbocycles. The molecule has 31 heavy (non-hydrogen) atoms. The average molecular weight is 439 g/mol. The number of rotatable bonds is 5. The molecule has 162 valence electrons. The molecular formula is C24H27FN4OS. The smallest absolute Gasteiger partial charge is 0.286 e. The van der Waals surface area contributed by atoms with Gasteiger partial charge in [-0.2, -0.15) is 4.99 Å². The molecule has 7 heteroatoms. The van der Waals surface area contributed by atoms with Crippen LogP contribution in [0.15, 0.2) is 58.4 Å². The maximum absolute atomic E-state index is 13.2. The van der Waals surface area contributed by atoms with E-state index in [1.807, 2.05) is 30.3 Å². The van der Waals surface area contributed by atoms with Gasteiger partial charge in [-0.25, -0.2) is 4.39 Å². The Morgan fingerprint density at radius 1 is 0.968 bits per heavy atom. The fourth-order valence-corrected chi connectivity index (χ4v) is 4.83. The predicted molar refractivity (Wildman–Crippen MR) is 128 cm³/mol. The fraction of sp³-hybridized carbons (Fsp3) is 0.333. The Morgan fingerprint density at radius 2 is 1.58 bits per heavy atom. The highest BCUT2D eigenvalue weighted by molar-refractivity contribution is 8.18. The Kier molecular flexibility index (Phi) is 6.61. The molecule has 0 radical (unpaired) electrons. The molecule has 2 heterocycles. The second-order valence-corrected chi connectivity index (χ2v) is 8.53. The number of thioether (sulfide) groups is 1. The lowest BCUT2D eigenvalue weighted by atomic mass is 10.2. The summed E-state index contributed by atoms with van der Waals surface area (Å²) in [6, 6.07) is 14.9. The number of piperazine rings is 1. The van der Waals surface area contributed by atoms with Gasteiger partial charge in [0.05, 0.1) is 4.91 Å². The zero-order valence-electron chi connectivity index (χ0n) is 17.9. The average Bonchev–Trinajstić information content (AvgIpc) is 3.16. The first-order chi connectivity index (χ1) is 15.1. The van der Waals surface area contributed by atoms with Gasteiger partial charge in [0, 0.05) is 50.6 Å². The van der Waals surface area contributed by atoms with Crippen molar-refractivity contribution in [2.75, 3.05) is 49.1 Å². The minimum atomic E-state index is -0.223. The van der Waals surface area contributed by atoms with Crippen molar-refractivity contribution in [2.24, 2.45) is 4.99 Å². The van der Waals surface area contributed by atoms with Crippen molar-refractivity contribution in [1.82, 2.24) is 4.90 Å². The summed E-state index contributed by atoms with van der Waals surface area (Å²) >= 11 is 1.45. The van der Waals surface area contributed by atoms with Crippen molar-refractivity contribution in [1.29, 1.82) is 0 Å². The van der Waals surface area contributed by atoms with E-state index in [0.29, 0.717) is 4.91 Å². The van der Waals surface area contributed by atoms with Crippen LogP contribution in [0.5, 0.6) is 0 Å². The molecule has 0 unspecified atom stereocenters. The molecule has 2 aliphatic rings. The van der Waals surface area contributed by atoms with Gasteiger partial charge in [0.1, 0.15) is 5.82 Å². The van der Waals surface area contributed by atoms with Gasteiger partial charge >= 0.3 is 0 Å². The number of carbonyl (C=O) groups excluding carboxylic acids is 1. The Labute approximate surface area is 187 Å². The predicted octanol–water partition coefficient (Wildman–Crippen LogP) is 4.46. The van der Waals surface area contributed by atoms with Crippen LogP contribution in [0.25, 0.3) is 6.08 Å². The highest BCUT2D eigenvalue weighted by atomic mass is 32.2. The molecule has 1 amide bonds. The minimum Gasteiger partial charge on any atom is -0.372 e. The largest absolute Gasteiger partial charge is 0.372 e. The van der Waals surface area contributed by atoms with Crippen molar-refractivity contribution in [3.8, 4) is 0 Å². The number of hydrogen-bond donors (Lipinski definition) is 0. The topological polar surface area (TPSA) is 39.1 Å². The van der Waals surface area contributed by atoms with Crippen molar-refractivity contribution < 1.29 is 9.18 Å². The van der Waals surface area contributed by atoms with Crippen molar-refractivity contribution in [2.45, 2.75) is 13.8 Å². The zero-order valence-corrected chi connectivity index (χ0v) is 18.7. The number of amidine groups is 1. The number of hydrogen-bond acceptors (Lipinski definition) is 5. The molecule has 1 fully saturated rings. The van der Waals surface area contributed by atoms with E-state index in [2.05, 4.69) is 45.7 Å². The van der Waals surface area contributed by atoms with E-state index in [1.165, 1.54) is 29.6 Å². The monoisotopic (exact) mass is 438 g/mol. The van der Waals surface area contributed by atoms with Gasteiger partial charge in [-0.15, -0.1) is 0 Å². The maximum atomic E-state index is 13.2. The molecule has 0 atom stereocenters. The standard InChI is InChI=1S/C24H27FN4OS/c1-3-27(4-2)20-9-5-18(6-10-20)17-22-23(30)26-24(31-22)29-15-13-28(14-16-29)21-11-7-19(25)8-12-21/h5-12,17H,3-4,13-16H2,1-2H3/b22-17-. The molecule has 2 aliphatic heterocycles. The number of carbonyl (C=O) groups is 1. The summed E-state index contributed by atoms with van der Waals surface area (Å²) in [5.41, 5.74) is 3.21. The van der Waals surface area contributed by atoms with Crippen LogP contribution in [0, 0.1) is 5.82 Å². The van der Waals surface area contributed by atoms with Crippen molar-refractivity contribution in [3.05, 3.63) is 64.8 Å². The molecule has 0 saturated carbocycles. The molecule has 1 saturated heterocycles. The van der Waals surface area contributed by atoms with Crippen LogP contribution in [0.2, 0.25) is 0 Å². The van der Waals surface area contributed by atoms with Crippen LogP contribution in [0.4, 0.5) is 15.8 Å². The van der Waals surface area contributed by atoms with Crippen LogP contribution >= 0.6 is 11.8 Å². The van der Waals surface area contributed by atoms with Gasteiger partial charge in [0.2, 0.25) is 0 Å². The van der Waals surface area contributed by atoms with Gasteiger partial charge in [-0.1, -0.05) is 12.1 Å². The second-order valence-electron chi connectivity index (χ2n) is 7.52. The molecule has 0 N–H and O–H groups in total. The SMILES string of the molecule is CCN(CC)c1ccc(/C=C2\SC(N3CCN(c4ccc(F)cc4)CC3)=NC2=O)cc1. The summed E-state index contributed by atoms with van der Waals surface area (Å²) in [6.07, 6.45) is 1.92. The van der Waals surface area contributed by atoms with E-state index in [1.54, 1.807) is 0 Å². The van der Waals surface area contributed by atoms with Crippen LogP contribution in [0.1, 0.15) is 19.4 Å². The van der Waals surface area contributed by atoms with Crippen LogP contribution in [0.3, 0.4) is 0 Å². The zero-order chi connectivity index (χ0) is 21.8. The number of anilines is 2. The Bertz CT molecular complexity index is 976. The van der Waals surface area contributed by atoms with Crippen molar-refractivity contribution in [3.63, 3.8) is 0 Å². The van der Waals surface area contributed by atoms with E-state index in [-0.39, 0.29) is 11.7 Å². The number of aliphatic imine (C=N–C) groups is 1. The molecule has 5 nitrogen and oxygen atoms in total. The normalized spacial score (nSPS) is 18.0. The quantitative estimate of drug-likeness (QED) is 0.645. The number of halogens is 1. The van der Waals surface area contributed by atoms with Gasteiger partial charge in [0.25, 0.3) is 5.91 Å². The fourth-order valence-electron chi connectivity index (χ4n) is 3.86. The summed E-state index contributed by atoms with van der Waals surface area (Å²) in [5, 5.41) is 0.773. The van der Waals surface area contributed by atoms with E-state index in [0.717, 1.165) is 55.7 Å². The van der Waals surface area contributed by atoms with Gasteiger partial charge in [-0.05, 0) is 73.6 Å². The molecular weight excluding hydrogens is 411 g/mol. The first kappa shape index (κ1) is 21.4. The lowest BCUT2D eigenvalue weighted by Gasteiger charge is -2.36. The second kappa shape index (κ2) is 9.56. The van der Waals surface area contributed by atoms with E-state index >= 15 is 0 Å². The molecule has 2 aromatic rings. The van der Waals surface area contributed by atoms with Crippen LogP contribution in [-0.4, -0.2) is 55.2 Å². The Morgan fingerprint density at radius 3 is 2.19 bits per heavy atom. The first-order valence-corrected chi connectivity index (χ1v) is 11.5. The lowest BCUT2D eigenvalue weighted by Crippen LogP contribution is -2.47. The highest BCUT2D eigenvalue weighted by Crippen LogP contribution is 2.31. The molecule has 0 bridgehead atoms. The third-order valence-electron chi connectivity index (χ3n) is 5.67. The van der Waals surface area contributed by atoms with Gasteiger partial charge < -0.3 is 14.7 Å². The number of amides is 1. The third kappa shape index (κ3) is 4.93. The molecule has 2 aromatic carbocycles. The highest BCUT2D eigenvalue weighted by Gasteiger charge is 2.28. The van der Waals surface area contributed by atoms with Crippen LogP contribution < -0.4 is 9.80 Å². The van der Waals surface area contributed by atoms with Gasteiger partial charge in [0.15, 0.2) is 5.17 Å².